The summed E-state index contributed by atoms with van der Waals surface area (Å²) < 4.78 is 22.6. The van der Waals surface area contributed by atoms with Crippen LogP contribution < -0.4 is 16.2 Å². The number of aromatic nitrogens is 6. The fourth-order valence-corrected chi connectivity index (χ4v) is 4.30. The van der Waals surface area contributed by atoms with Crippen LogP contribution >= 0.6 is 0 Å². The van der Waals surface area contributed by atoms with Gasteiger partial charge in [0.15, 0.2) is 11.3 Å². The molecule has 0 radical (unpaired) electrons. The van der Waals surface area contributed by atoms with E-state index in [1.165, 1.54) is 33.7 Å². The molecular weight excluding hydrogens is 429 g/mol. The second-order valence-corrected chi connectivity index (χ2v) is 7.67. The van der Waals surface area contributed by atoms with E-state index in [4.69, 9.17) is 10.5 Å². The first-order chi connectivity index (χ1) is 16.0. The number of nitrogens with zero attached hydrogens (tertiary/aromatic N) is 5. The van der Waals surface area contributed by atoms with E-state index in [-0.39, 0.29) is 28.8 Å². The van der Waals surface area contributed by atoms with E-state index in [9.17, 15) is 14.0 Å². The van der Waals surface area contributed by atoms with Crippen molar-refractivity contribution in [3.05, 3.63) is 76.4 Å². The third-order valence-corrected chi connectivity index (χ3v) is 5.75. The van der Waals surface area contributed by atoms with E-state index < -0.39 is 17.4 Å². The van der Waals surface area contributed by atoms with E-state index in [0.29, 0.717) is 29.8 Å². The minimum atomic E-state index is -0.833. The third-order valence-electron chi connectivity index (χ3n) is 5.75. The van der Waals surface area contributed by atoms with E-state index in [0.717, 1.165) is 5.56 Å². The highest BCUT2D eigenvalue weighted by atomic mass is 19.1. The quantitative estimate of drug-likeness (QED) is 0.437. The van der Waals surface area contributed by atoms with Gasteiger partial charge in [0.05, 0.1) is 23.7 Å². The summed E-state index contributed by atoms with van der Waals surface area (Å²) in [5.41, 5.74) is 7.07. The number of imidazole rings is 2. The number of carbonyl (C=O) groups is 1. The molecule has 5 aromatic rings. The van der Waals surface area contributed by atoms with Crippen LogP contribution in [0.15, 0.2) is 53.6 Å². The maximum Gasteiger partial charge on any atom is 0.328 e. The Bertz CT molecular complexity index is 1630. The van der Waals surface area contributed by atoms with Gasteiger partial charge in [0.2, 0.25) is 5.95 Å². The normalized spacial score (nSPS) is 15.5. The first-order valence-corrected chi connectivity index (χ1v) is 10.2. The number of carbonyl (C=O) groups excluding carboxylic acids is 1. The number of aromatic amines is 1. The fourth-order valence-electron chi connectivity index (χ4n) is 4.30. The molecule has 3 aromatic heterocycles. The number of halogens is 1. The monoisotopic (exact) mass is 445 g/mol. The molecular formula is C22H16FN7O3. The zero-order valence-corrected chi connectivity index (χ0v) is 17.0. The second kappa shape index (κ2) is 6.99. The summed E-state index contributed by atoms with van der Waals surface area (Å²) in [4.78, 5) is 41.1. The zero-order valence-electron chi connectivity index (χ0n) is 17.0. The minimum absolute atomic E-state index is 0.0393. The lowest BCUT2D eigenvalue weighted by Gasteiger charge is -2.26. The lowest BCUT2D eigenvalue weighted by Crippen LogP contribution is -2.28. The Morgan fingerprint density at radius 1 is 1.21 bits per heavy atom. The number of amides is 1. The standard InChI is InChI=1S/C22H16FN7O3/c23-11-5-6-13-15(9-11)29(10-25-13)21-26-17(19(24)31)18-20(28-21)30(22(32)27-18)14-7-8-33-16-4-2-1-3-12(14)16/h1-6,9-10,14H,7-8H2,(H2,24,31)(H,27,32). The Balaban J connectivity index is 1.64. The number of nitrogens with one attached hydrogen (secondary N) is 1. The molecule has 1 atom stereocenters. The molecule has 0 bridgehead atoms. The molecule has 164 valence electrons. The van der Waals surface area contributed by atoms with E-state index in [1.807, 2.05) is 24.3 Å². The molecule has 2 aromatic carbocycles. The Kier molecular flexibility index (Phi) is 4.06. The Labute approximate surface area is 184 Å². The van der Waals surface area contributed by atoms with Gasteiger partial charge in [-0.15, -0.1) is 0 Å². The summed E-state index contributed by atoms with van der Waals surface area (Å²) in [5.74, 6) is -0.578. The maximum atomic E-state index is 13.9. The van der Waals surface area contributed by atoms with Gasteiger partial charge >= 0.3 is 5.69 Å². The van der Waals surface area contributed by atoms with Gasteiger partial charge in [0.1, 0.15) is 23.4 Å². The van der Waals surface area contributed by atoms with Crippen LogP contribution in [0.4, 0.5) is 4.39 Å². The summed E-state index contributed by atoms with van der Waals surface area (Å²) in [6, 6.07) is 11.2. The molecule has 6 rings (SSSR count). The number of para-hydroxylation sites is 1. The number of ether oxygens (including phenoxy) is 1. The smallest absolute Gasteiger partial charge is 0.328 e. The third kappa shape index (κ3) is 2.89. The summed E-state index contributed by atoms with van der Waals surface area (Å²) in [7, 11) is 0. The number of fused-ring (bicyclic) bond motifs is 3. The van der Waals surface area contributed by atoms with Crippen LogP contribution in [0.1, 0.15) is 28.5 Å². The Hall–Kier alpha value is -4.54. The maximum absolute atomic E-state index is 13.9. The van der Waals surface area contributed by atoms with Crippen molar-refractivity contribution in [2.45, 2.75) is 12.5 Å². The fraction of sp³-hybridized carbons (Fsp3) is 0.136. The van der Waals surface area contributed by atoms with Crippen molar-refractivity contribution in [3.8, 4) is 11.7 Å². The molecule has 0 saturated carbocycles. The molecule has 1 aliphatic rings. The van der Waals surface area contributed by atoms with Crippen molar-refractivity contribution < 1.29 is 13.9 Å². The molecule has 11 heteroatoms. The highest BCUT2D eigenvalue weighted by Crippen LogP contribution is 2.35. The largest absolute Gasteiger partial charge is 0.493 e. The van der Waals surface area contributed by atoms with Crippen molar-refractivity contribution in [3.63, 3.8) is 0 Å². The van der Waals surface area contributed by atoms with Crippen molar-refractivity contribution in [1.82, 2.24) is 29.1 Å². The molecule has 1 aliphatic heterocycles. The van der Waals surface area contributed by atoms with Crippen molar-refractivity contribution in [2.75, 3.05) is 6.61 Å². The minimum Gasteiger partial charge on any atom is -0.493 e. The predicted molar refractivity (Wildman–Crippen MR) is 116 cm³/mol. The molecule has 3 N–H and O–H groups in total. The molecule has 1 unspecified atom stereocenters. The topological polar surface area (TPSA) is 134 Å². The van der Waals surface area contributed by atoms with Crippen LogP contribution in [0.2, 0.25) is 0 Å². The van der Waals surface area contributed by atoms with Gasteiger partial charge in [0, 0.05) is 18.1 Å². The van der Waals surface area contributed by atoms with Crippen LogP contribution in [-0.4, -0.2) is 41.6 Å². The highest BCUT2D eigenvalue weighted by molar-refractivity contribution is 6.01. The number of hydrogen-bond acceptors (Lipinski definition) is 6. The Morgan fingerprint density at radius 3 is 2.91 bits per heavy atom. The summed E-state index contributed by atoms with van der Waals surface area (Å²) >= 11 is 0. The molecule has 10 nitrogen and oxygen atoms in total. The van der Waals surface area contributed by atoms with E-state index >= 15 is 0 Å². The zero-order chi connectivity index (χ0) is 22.7. The molecule has 0 saturated heterocycles. The number of hydrogen-bond donors (Lipinski definition) is 2. The molecule has 1 amide bonds. The average Bonchev–Trinajstić information content (AvgIpc) is 3.37. The van der Waals surface area contributed by atoms with Crippen molar-refractivity contribution >= 4 is 28.1 Å². The van der Waals surface area contributed by atoms with Gasteiger partial charge < -0.3 is 15.5 Å². The van der Waals surface area contributed by atoms with Crippen LogP contribution in [0.3, 0.4) is 0 Å². The van der Waals surface area contributed by atoms with Crippen molar-refractivity contribution in [1.29, 1.82) is 0 Å². The van der Waals surface area contributed by atoms with Crippen LogP contribution in [0, 0.1) is 5.82 Å². The van der Waals surface area contributed by atoms with Gasteiger partial charge in [0.25, 0.3) is 5.91 Å². The van der Waals surface area contributed by atoms with Crippen LogP contribution in [-0.2, 0) is 0 Å². The van der Waals surface area contributed by atoms with E-state index in [1.54, 1.807) is 0 Å². The van der Waals surface area contributed by atoms with Gasteiger partial charge in [-0.25, -0.2) is 19.2 Å². The summed E-state index contributed by atoms with van der Waals surface area (Å²) in [6.07, 6.45) is 1.95. The van der Waals surface area contributed by atoms with Gasteiger partial charge in [-0.1, -0.05) is 18.2 Å². The van der Waals surface area contributed by atoms with Gasteiger partial charge in [-0.05, 0) is 18.2 Å². The average molecular weight is 445 g/mol. The number of rotatable bonds is 3. The SMILES string of the molecule is NC(=O)c1nc(-n2cnc3ccc(F)cc32)nc2c1[nH]c(=O)n2C1CCOc2ccccc21. The van der Waals surface area contributed by atoms with Crippen LogP contribution in [0.25, 0.3) is 28.1 Å². The van der Waals surface area contributed by atoms with Gasteiger partial charge in [-0.3, -0.25) is 13.9 Å². The second-order valence-electron chi connectivity index (χ2n) is 7.67. The lowest BCUT2D eigenvalue weighted by molar-refractivity contribution is 0.0997. The molecule has 0 fully saturated rings. The Morgan fingerprint density at radius 2 is 2.06 bits per heavy atom. The van der Waals surface area contributed by atoms with Gasteiger partial charge in [-0.2, -0.15) is 4.98 Å². The first-order valence-electron chi connectivity index (χ1n) is 10.2. The first kappa shape index (κ1) is 19.2. The summed E-state index contributed by atoms with van der Waals surface area (Å²) in [5, 5.41) is 0. The number of primary amides is 1. The summed E-state index contributed by atoms with van der Waals surface area (Å²) in [6.45, 7) is 0.410. The van der Waals surface area contributed by atoms with Crippen molar-refractivity contribution in [2.24, 2.45) is 5.73 Å². The predicted octanol–water partition coefficient (Wildman–Crippen LogP) is 2.07. The molecule has 0 spiro atoms. The number of benzene rings is 2. The number of H-pyrrole nitrogens is 1. The molecule has 33 heavy (non-hydrogen) atoms. The molecule has 0 aliphatic carbocycles. The molecule has 4 heterocycles. The van der Waals surface area contributed by atoms with Crippen LogP contribution in [0.5, 0.6) is 5.75 Å². The van der Waals surface area contributed by atoms with E-state index in [2.05, 4.69) is 19.9 Å². The number of nitrogens with two attached hydrogens (primary N) is 1. The highest BCUT2D eigenvalue weighted by Gasteiger charge is 2.28. The lowest BCUT2D eigenvalue weighted by atomic mass is 10.0.